The van der Waals surface area contributed by atoms with Gasteiger partial charge in [0.25, 0.3) is 0 Å². The molecule has 3 saturated heterocycles. The van der Waals surface area contributed by atoms with Crippen molar-refractivity contribution in [2.45, 2.75) is 84.1 Å². The average Bonchev–Trinajstić information content (AvgIpc) is 3.62. The number of ether oxygens (including phenoxy) is 1. The van der Waals surface area contributed by atoms with E-state index >= 15 is 0 Å². The zero-order valence-corrected chi connectivity index (χ0v) is 27.2. The lowest BCUT2D eigenvalue weighted by molar-refractivity contribution is -0.141. The molecule has 9 nitrogen and oxygen atoms in total. The molecule has 44 heavy (non-hydrogen) atoms. The second-order valence-electron chi connectivity index (χ2n) is 14.1. The van der Waals surface area contributed by atoms with Crippen LogP contribution in [0.4, 0.5) is 5.69 Å². The van der Waals surface area contributed by atoms with Crippen molar-refractivity contribution < 1.29 is 19.1 Å². The van der Waals surface area contributed by atoms with Gasteiger partial charge < -0.3 is 30.1 Å². The van der Waals surface area contributed by atoms with Gasteiger partial charge in [-0.25, -0.2) is 0 Å². The molecule has 4 fully saturated rings. The van der Waals surface area contributed by atoms with Crippen LogP contribution < -0.4 is 10.6 Å². The highest BCUT2D eigenvalue weighted by Gasteiger charge is 2.72. The summed E-state index contributed by atoms with van der Waals surface area (Å²) in [5.41, 5.74) is 1.70. The molecule has 0 radical (unpaired) electrons. The van der Waals surface area contributed by atoms with Crippen molar-refractivity contribution in [2.24, 2.45) is 23.7 Å². The summed E-state index contributed by atoms with van der Waals surface area (Å²) in [6.07, 6.45) is 7.26. The van der Waals surface area contributed by atoms with Crippen LogP contribution >= 0.6 is 0 Å². The summed E-state index contributed by atoms with van der Waals surface area (Å²) in [6.45, 7) is 17.2. The number of rotatable bonds is 9. The van der Waals surface area contributed by atoms with Gasteiger partial charge >= 0.3 is 0 Å². The van der Waals surface area contributed by atoms with Crippen molar-refractivity contribution in [3.05, 3.63) is 41.5 Å². The number of fused-ring (bicyclic) bond motifs is 1. The molecule has 8 atom stereocenters. The molecule has 1 aromatic carbocycles. The summed E-state index contributed by atoms with van der Waals surface area (Å²) in [6, 6.07) is 5.22. The minimum absolute atomic E-state index is 0.0692. The van der Waals surface area contributed by atoms with E-state index in [0.29, 0.717) is 24.1 Å². The Hall–Kier alpha value is -2.75. The van der Waals surface area contributed by atoms with E-state index in [-0.39, 0.29) is 23.8 Å². The lowest BCUT2D eigenvalue weighted by Gasteiger charge is -2.38. The Bertz CT molecular complexity index is 1270. The Morgan fingerprint density at radius 3 is 2.39 bits per heavy atom. The lowest BCUT2D eigenvalue weighted by Crippen LogP contribution is -2.58. The zero-order valence-electron chi connectivity index (χ0n) is 27.2. The molecule has 240 valence electrons. The Morgan fingerprint density at radius 2 is 1.68 bits per heavy atom. The first-order valence-electron chi connectivity index (χ1n) is 16.9. The average molecular weight is 606 g/mol. The summed E-state index contributed by atoms with van der Waals surface area (Å²) < 4.78 is 6.58. The van der Waals surface area contributed by atoms with Gasteiger partial charge in [-0.15, -0.1) is 0 Å². The van der Waals surface area contributed by atoms with Crippen LogP contribution in [0.1, 0.15) is 57.6 Å². The highest BCUT2D eigenvalue weighted by atomic mass is 16.5. The molecule has 4 heterocycles. The maximum Gasteiger partial charge on any atom is 0.246 e. The molecule has 1 aliphatic carbocycles. The molecule has 2 bridgehead atoms. The molecule has 1 aromatic rings. The van der Waals surface area contributed by atoms with Crippen molar-refractivity contribution in [3.63, 3.8) is 0 Å². The SMILES string of the molecule is CCN1CCN(CCCN2C(=O)[C@@H]3C(C(=O)Nc4cc(C)cc(C)c4)[C@@H]4C=CC3(O4)C2C(=O)NC2CCCC(C)C2C)CC1. The highest BCUT2D eigenvalue weighted by molar-refractivity contribution is 6.02. The Balaban J connectivity index is 1.23. The fourth-order valence-corrected chi connectivity index (χ4v) is 8.62. The van der Waals surface area contributed by atoms with Crippen molar-refractivity contribution in [1.29, 1.82) is 0 Å². The summed E-state index contributed by atoms with van der Waals surface area (Å²) >= 11 is 0. The number of likely N-dealkylation sites (tertiary alicyclic amines) is 1. The maximum atomic E-state index is 14.4. The monoisotopic (exact) mass is 605 g/mol. The number of anilines is 1. The van der Waals surface area contributed by atoms with Crippen molar-refractivity contribution in [3.8, 4) is 0 Å². The van der Waals surface area contributed by atoms with E-state index < -0.39 is 29.6 Å². The largest absolute Gasteiger partial charge is 0.359 e. The van der Waals surface area contributed by atoms with Crippen LogP contribution in [0, 0.1) is 37.5 Å². The van der Waals surface area contributed by atoms with Crippen LogP contribution in [0.15, 0.2) is 30.4 Å². The summed E-state index contributed by atoms with van der Waals surface area (Å²) in [4.78, 5) is 49.2. The molecule has 6 unspecified atom stereocenters. The molecular formula is C35H51N5O4. The number of hydrogen-bond donors (Lipinski definition) is 2. The number of amides is 3. The van der Waals surface area contributed by atoms with Gasteiger partial charge in [0.1, 0.15) is 11.6 Å². The van der Waals surface area contributed by atoms with Crippen molar-refractivity contribution in [1.82, 2.24) is 20.0 Å². The third kappa shape index (κ3) is 5.71. The molecule has 3 amide bonds. The van der Waals surface area contributed by atoms with E-state index in [4.69, 9.17) is 4.74 Å². The van der Waals surface area contributed by atoms with Crippen LogP contribution in [-0.2, 0) is 19.1 Å². The number of benzene rings is 1. The van der Waals surface area contributed by atoms with E-state index in [9.17, 15) is 14.4 Å². The van der Waals surface area contributed by atoms with Gasteiger partial charge in [-0.1, -0.05) is 51.8 Å². The molecule has 2 N–H and O–H groups in total. The summed E-state index contributed by atoms with van der Waals surface area (Å²) in [5.74, 6) is -1.04. The molecule has 4 aliphatic heterocycles. The Morgan fingerprint density at radius 1 is 0.977 bits per heavy atom. The number of piperazine rings is 1. The first-order chi connectivity index (χ1) is 21.1. The standard InChI is InChI=1S/C35H51N5O4/c1-6-38-15-17-39(18-16-38)13-8-14-40-31(33(42)37-27-10-7-9-24(4)25(27)5)35-12-11-28(44-35)29(30(35)34(40)43)32(41)36-26-20-22(2)19-23(3)21-26/h11-12,19-21,24-25,27-31H,6-10,13-18H2,1-5H3,(H,36,41)(H,37,42)/t24?,25?,27?,28-,29?,30-,31?,35?/m0/s1. The Labute approximate surface area is 262 Å². The summed E-state index contributed by atoms with van der Waals surface area (Å²) in [7, 11) is 0. The fraction of sp³-hybridized carbons (Fsp3) is 0.686. The number of nitrogens with one attached hydrogen (secondary N) is 2. The van der Waals surface area contributed by atoms with E-state index in [1.807, 2.05) is 38.1 Å². The topological polar surface area (TPSA) is 94.2 Å². The van der Waals surface area contributed by atoms with Gasteiger partial charge in [0.2, 0.25) is 17.7 Å². The minimum atomic E-state index is -1.13. The van der Waals surface area contributed by atoms with E-state index in [1.165, 1.54) is 6.42 Å². The van der Waals surface area contributed by atoms with Crippen LogP contribution in [0.5, 0.6) is 0 Å². The highest BCUT2D eigenvalue weighted by Crippen LogP contribution is 2.55. The van der Waals surface area contributed by atoms with E-state index in [1.54, 1.807) is 4.90 Å². The van der Waals surface area contributed by atoms with Crippen LogP contribution in [0.2, 0.25) is 0 Å². The number of hydrogen-bond acceptors (Lipinski definition) is 6. The molecule has 5 aliphatic rings. The quantitative estimate of drug-likeness (QED) is 0.420. The van der Waals surface area contributed by atoms with Crippen LogP contribution in [0.25, 0.3) is 0 Å². The molecule has 1 saturated carbocycles. The molecule has 0 aromatic heterocycles. The van der Waals surface area contributed by atoms with Gasteiger partial charge in [0, 0.05) is 44.5 Å². The first kappa shape index (κ1) is 31.2. The van der Waals surface area contributed by atoms with E-state index in [2.05, 4.69) is 47.3 Å². The smallest absolute Gasteiger partial charge is 0.246 e. The third-order valence-electron chi connectivity index (χ3n) is 11.2. The number of carbonyl (C=O) groups excluding carboxylic acids is 3. The predicted molar refractivity (Wildman–Crippen MR) is 171 cm³/mol. The number of carbonyl (C=O) groups is 3. The lowest BCUT2D eigenvalue weighted by atomic mass is 9.73. The Kier molecular flexibility index (Phi) is 8.92. The van der Waals surface area contributed by atoms with Gasteiger partial charge in [0.05, 0.1) is 17.9 Å². The minimum Gasteiger partial charge on any atom is -0.359 e. The molecule has 6 rings (SSSR count). The van der Waals surface area contributed by atoms with Crippen LogP contribution in [-0.4, -0.2) is 102 Å². The molecule has 1 spiro atoms. The van der Waals surface area contributed by atoms with Gasteiger partial charge in [-0.05, 0) is 74.9 Å². The van der Waals surface area contributed by atoms with Crippen molar-refractivity contribution >= 4 is 23.4 Å². The van der Waals surface area contributed by atoms with Crippen LogP contribution in [0.3, 0.4) is 0 Å². The van der Waals surface area contributed by atoms with Gasteiger partial charge in [-0.2, -0.15) is 0 Å². The summed E-state index contributed by atoms with van der Waals surface area (Å²) in [5, 5.41) is 6.44. The fourth-order valence-electron chi connectivity index (χ4n) is 8.62. The number of nitrogens with zero attached hydrogens (tertiary/aromatic N) is 3. The predicted octanol–water partition coefficient (Wildman–Crippen LogP) is 3.36. The number of likely N-dealkylation sites (N-methyl/N-ethyl adjacent to an activating group) is 1. The molecule has 9 heteroatoms. The third-order valence-corrected chi connectivity index (χ3v) is 11.2. The van der Waals surface area contributed by atoms with E-state index in [0.717, 1.165) is 69.7 Å². The second kappa shape index (κ2) is 12.6. The second-order valence-corrected chi connectivity index (χ2v) is 14.1. The number of aryl methyl sites for hydroxylation is 2. The van der Waals surface area contributed by atoms with Gasteiger partial charge in [0.15, 0.2) is 0 Å². The normalized spacial score (nSPS) is 35.2. The molecular weight excluding hydrogens is 554 g/mol. The first-order valence-corrected chi connectivity index (χ1v) is 16.9. The maximum absolute atomic E-state index is 14.4. The zero-order chi connectivity index (χ0) is 31.2. The van der Waals surface area contributed by atoms with Gasteiger partial charge in [-0.3, -0.25) is 14.4 Å². The van der Waals surface area contributed by atoms with Crippen molar-refractivity contribution in [2.75, 3.05) is 51.1 Å².